The molecule has 1 aromatic carbocycles. The van der Waals surface area contributed by atoms with E-state index < -0.39 is 0 Å². The van der Waals surface area contributed by atoms with Gasteiger partial charge in [0.25, 0.3) is 0 Å². The summed E-state index contributed by atoms with van der Waals surface area (Å²) in [6, 6.07) is 7.08. The minimum atomic E-state index is 0.144. The molecule has 1 N–H and O–H groups in total. The molecule has 1 heterocycles. The molecule has 1 aliphatic carbocycles. The van der Waals surface area contributed by atoms with E-state index in [4.69, 9.17) is 0 Å². The predicted octanol–water partition coefficient (Wildman–Crippen LogP) is 3.59. The Morgan fingerprint density at radius 1 is 1.40 bits per heavy atom. The maximum absolute atomic E-state index is 11.6. The lowest BCUT2D eigenvalue weighted by atomic mass is 10.1. The molecule has 2 aliphatic rings. The van der Waals surface area contributed by atoms with E-state index in [1.54, 1.807) is 6.92 Å². The van der Waals surface area contributed by atoms with Crippen LogP contribution in [0.2, 0.25) is 0 Å². The number of anilines is 2. The molecule has 3 heteroatoms. The van der Waals surface area contributed by atoms with Crippen LogP contribution in [0.1, 0.15) is 45.1 Å². The van der Waals surface area contributed by atoms with E-state index in [1.807, 2.05) is 4.90 Å². The van der Waals surface area contributed by atoms with Crippen molar-refractivity contribution in [3.8, 4) is 0 Å². The topological polar surface area (TPSA) is 32.3 Å². The number of benzene rings is 1. The number of rotatable bonds is 3. The molecule has 1 aromatic rings. The molecule has 1 fully saturated rings. The second-order valence-electron chi connectivity index (χ2n) is 6.19. The highest BCUT2D eigenvalue weighted by Gasteiger charge is 2.25. The van der Waals surface area contributed by atoms with Gasteiger partial charge in [0.15, 0.2) is 0 Å². The van der Waals surface area contributed by atoms with Gasteiger partial charge in [-0.15, -0.1) is 0 Å². The first-order valence-electron chi connectivity index (χ1n) is 7.85. The Hall–Kier alpha value is -1.51. The quantitative estimate of drug-likeness (QED) is 0.912. The minimum absolute atomic E-state index is 0.144. The van der Waals surface area contributed by atoms with Crippen molar-refractivity contribution in [3.05, 3.63) is 23.8 Å². The first-order valence-corrected chi connectivity index (χ1v) is 7.85. The van der Waals surface area contributed by atoms with Crippen molar-refractivity contribution < 1.29 is 4.79 Å². The van der Waals surface area contributed by atoms with E-state index in [-0.39, 0.29) is 5.91 Å². The van der Waals surface area contributed by atoms with Crippen LogP contribution in [-0.4, -0.2) is 18.5 Å². The number of carbonyl (C=O) groups excluding carboxylic acids is 1. The highest BCUT2D eigenvalue weighted by atomic mass is 16.2. The highest BCUT2D eigenvalue weighted by molar-refractivity contribution is 5.94. The molecule has 0 spiro atoms. The Labute approximate surface area is 121 Å². The Morgan fingerprint density at radius 2 is 2.25 bits per heavy atom. The number of nitrogens with zero attached hydrogens (tertiary/aromatic N) is 1. The molecule has 0 aromatic heterocycles. The highest BCUT2D eigenvalue weighted by Crippen LogP contribution is 2.33. The summed E-state index contributed by atoms with van der Waals surface area (Å²) in [4.78, 5) is 13.4. The molecular formula is C17H24N2O. The third-order valence-corrected chi connectivity index (χ3v) is 4.84. The average molecular weight is 272 g/mol. The molecule has 2 unspecified atom stereocenters. The second-order valence-corrected chi connectivity index (χ2v) is 6.19. The van der Waals surface area contributed by atoms with Gasteiger partial charge in [0.05, 0.1) is 0 Å². The molecule has 108 valence electrons. The number of carbonyl (C=O) groups is 1. The zero-order valence-electron chi connectivity index (χ0n) is 12.5. The Kier molecular flexibility index (Phi) is 3.68. The fourth-order valence-electron chi connectivity index (χ4n) is 3.63. The Balaban J connectivity index is 1.69. The van der Waals surface area contributed by atoms with Gasteiger partial charge in [0.2, 0.25) is 5.91 Å². The van der Waals surface area contributed by atoms with Crippen LogP contribution in [0.3, 0.4) is 0 Å². The predicted molar refractivity (Wildman–Crippen MR) is 83.2 cm³/mol. The minimum Gasteiger partial charge on any atom is -0.382 e. The third kappa shape index (κ3) is 2.54. The van der Waals surface area contributed by atoms with Gasteiger partial charge in [-0.25, -0.2) is 0 Å². The van der Waals surface area contributed by atoms with E-state index in [1.165, 1.54) is 36.9 Å². The van der Waals surface area contributed by atoms with Crippen molar-refractivity contribution in [2.75, 3.05) is 16.8 Å². The van der Waals surface area contributed by atoms with E-state index in [0.717, 1.165) is 24.6 Å². The molecule has 0 radical (unpaired) electrons. The van der Waals surface area contributed by atoms with Gasteiger partial charge in [0.1, 0.15) is 0 Å². The normalized spacial score (nSPS) is 24.8. The summed E-state index contributed by atoms with van der Waals surface area (Å²) < 4.78 is 0. The molecule has 1 amide bonds. The van der Waals surface area contributed by atoms with Crippen LogP contribution in [0, 0.1) is 5.92 Å². The second kappa shape index (κ2) is 5.47. The third-order valence-electron chi connectivity index (χ3n) is 4.84. The fraction of sp³-hybridized carbons (Fsp3) is 0.588. The maximum Gasteiger partial charge on any atom is 0.223 e. The molecule has 1 saturated carbocycles. The average Bonchev–Trinajstić information content (AvgIpc) is 3.04. The molecule has 20 heavy (non-hydrogen) atoms. The van der Waals surface area contributed by atoms with E-state index >= 15 is 0 Å². The van der Waals surface area contributed by atoms with Crippen molar-refractivity contribution in [2.24, 2.45) is 5.92 Å². The lowest BCUT2D eigenvalue weighted by molar-refractivity contribution is -0.116. The van der Waals surface area contributed by atoms with Crippen molar-refractivity contribution in [2.45, 2.75) is 52.0 Å². The number of amides is 1. The number of hydrogen-bond donors (Lipinski definition) is 1. The molecule has 0 bridgehead atoms. The van der Waals surface area contributed by atoms with Crippen LogP contribution in [0.4, 0.5) is 11.4 Å². The molecule has 3 rings (SSSR count). The van der Waals surface area contributed by atoms with Gasteiger partial charge in [-0.2, -0.15) is 0 Å². The van der Waals surface area contributed by atoms with Crippen molar-refractivity contribution in [1.82, 2.24) is 0 Å². The summed E-state index contributed by atoms with van der Waals surface area (Å²) in [5, 5.41) is 3.68. The number of fused-ring (bicyclic) bond motifs is 1. The van der Waals surface area contributed by atoms with Gasteiger partial charge in [0, 0.05) is 30.9 Å². The zero-order chi connectivity index (χ0) is 14.1. The molecule has 3 nitrogen and oxygen atoms in total. The van der Waals surface area contributed by atoms with E-state index in [0.29, 0.717) is 6.04 Å². The van der Waals surface area contributed by atoms with Crippen LogP contribution in [0.25, 0.3) is 0 Å². The van der Waals surface area contributed by atoms with Crippen molar-refractivity contribution in [3.63, 3.8) is 0 Å². The summed E-state index contributed by atoms with van der Waals surface area (Å²) in [5.41, 5.74) is 3.62. The lowest BCUT2D eigenvalue weighted by Crippen LogP contribution is -2.25. The first-order chi connectivity index (χ1) is 9.67. The lowest BCUT2D eigenvalue weighted by Gasteiger charge is -2.17. The SMILES string of the molecule is CCC1CCC(Nc2ccc3c(c2)CCN3C(C)=O)C1. The molecular weight excluding hydrogens is 248 g/mol. The molecule has 2 atom stereocenters. The van der Waals surface area contributed by atoms with E-state index in [2.05, 4.69) is 30.4 Å². The van der Waals surface area contributed by atoms with Gasteiger partial charge >= 0.3 is 0 Å². The summed E-state index contributed by atoms with van der Waals surface area (Å²) in [5.74, 6) is 1.04. The molecule has 0 saturated heterocycles. The van der Waals surface area contributed by atoms with Crippen LogP contribution in [0.5, 0.6) is 0 Å². The van der Waals surface area contributed by atoms with E-state index in [9.17, 15) is 4.79 Å². The number of nitrogens with one attached hydrogen (secondary N) is 1. The van der Waals surface area contributed by atoms with Crippen molar-refractivity contribution in [1.29, 1.82) is 0 Å². The summed E-state index contributed by atoms with van der Waals surface area (Å²) in [6.45, 7) is 4.76. The fourth-order valence-corrected chi connectivity index (χ4v) is 3.63. The van der Waals surface area contributed by atoms with Gasteiger partial charge in [-0.05, 0) is 55.4 Å². The number of hydrogen-bond acceptors (Lipinski definition) is 2. The first kappa shape index (κ1) is 13.5. The standard InChI is InChI=1S/C17H24N2O/c1-3-13-4-5-15(10-13)18-16-6-7-17-14(11-16)8-9-19(17)12(2)20/h6-7,11,13,15,18H,3-5,8-10H2,1-2H3. The van der Waals surface area contributed by atoms with Crippen LogP contribution in [0.15, 0.2) is 18.2 Å². The Bertz CT molecular complexity index is 512. The summed E-state index contributed by atoms with van der Waals surface area (Å²) in [6.07, 6.45) is 6.22. The summed E-state index contributed by atoms with van der Waals surface area (Å²) in [7, 11) is 0. The van der Waals surface area contributed by atoms with Crippen molar-refractivity contribution >= 4 is 17.3 Å². The molecule has 1 aliphatic heterocycles. The smallest absolute Gasteiger partial charge is 0.223 e. The Morgan fingerprint density at radius 3 is 2.95 bits per heavy atom. The largest absolute Gasteiger partial charge is 0.382 e. The zero-order valence-corrected chi connectivity index (χ0v) is 12.5. The van der Waals surface area contributed by atoms with Gasteiger partial charge in [-0.3, -0.25) is 4.79 Å². The van der Waals surface area contributed by atoms with Crippen LogP contribution < -0.4 is 10.2 Å². The van der Waals surface area contributed by atoms with Gasteiger partial charge < -0.3 is 10.2 Å². The van der Waals surface area contributed by atoms with Gasteiger partial charge in [-0.1, -0.05) is 13.3 Å². The van der Waals surface area contributed by atoms with Crippen LogP contribution >= 0.6 is 0 Å². The van der Waals surface area contributed by atoms with Crippen LogP contribution in [-0.2, 0) is 11.2 Å². The maximum atomic E-state index is 11.6. The summed E-state index contributed by atoms with van der Waals surface area (Å²) >= 11 is 0. The monoisotopic (exact) mass is 272 g/mol.